The first-order valence-corrected chi connectivity index (χ1v) is 11.7. The molecule has 2 aliphatic rings. The molecule has 174 valence electrons. The number of hydrogen-bond donors (Lipinski definition) is 0. The largest absolute Gasteiger partial charge is 0.490 e. The molecule has 1 fully saturated rings. The monoisotopic (exact) mass is 450 g/mol. The Kier molecular flexibility index (Phi) is 7.27. The lowest BCUT2D eigenvalue weighted by atomic mass is 9.80. The molecular formula is C26H30F4O2. The molecule has 0 spiro atoms. The van der Waals surface area contributed by atoms with E-state index in [0.29, 0.717) is 42.1 Å². The van der Waals surface area contributed by atoms with Gasteiger partial charge in [0.2, 0.25) is 11.6 Å². The van der Waals surface area contributed by atoms with E-state index in [-0.39, 0.29) is 36.3 Å². The zero-order valence-electron chi connectivity index (χ0n) is 18.5. The van der Waals surface area contributed by atoms with E-state index in [0.717, 1.165) is 38.5 Å². The van der Waals surface area contributed by atoms with Crippen molar-refractivity contribution < 1.29 is 27.0 Å². The van der Waals surface area contributed by atoms with Gasteiger partial charge in [-0.15, -0.1) is 0 Å². The van der Waals surface area contributed by atoms with Gasteiger partial charge in [-0.3, -0.25) is 4.39 Å². The topological polar surface area (TPSA) is 18.5 Å². The molecule has 1 aliphatic heterocycles. The fourth-order valence-corrected chi connectivity index (χ4v) is 4.90. The lowest BCUT2D eigenvalue weighted by Gasteiger charge is -2.28. The molecule has 1 heterocycles. The minimum absolute atomic E-state index is 0.0139. The summed E-state index contributed by atoms with van der Waals surface area (Å²) in [5.74, 6) is -2.32. The van der Waals surface area contributed by atoms with Gasteiger partial charge in [-0.2, -0.15) is 8.78 Å². The highest BCUT2D eigenvalue weighted by Gasteiger charge is 2.29. The van der Waals surface area contributed by atoms with Gasteiger partial charge in [-0.05, 0) is 55.6 Å². The Balaban J connectivity index is 1.45. The summed E-state index contributed by atoms with van der Waals surface area (Å²) < 4.78 is 67.9. The van der Waals surface area contributed by atoms with E-state index in [1.165, 1.54) is 6.07 Å². The van der Waals surface area contributed by atoms with Crippen LogP contribution in [0.25, 0.3) is 0 Å². The van der Waals surface area contributed by atoms with E-state index < -0.39 is 17.5 Å². The SMILES string of the molecule is CCCc1ccc2c(c1F)Oc1c(cc(OCC3CCC(CCCF)CC3)c(F)c1F)C2. The summed E-state index contributed by atoms with van der Waals surface area (Å²) in [5.41, 5.74) is 1.57. The Bertz CT molecular complexity index is 952. The van der Waals surface area contributed by atoms with E-state index in [9.17, 15) is 17.6 Å². The van der Waals surface area contributed by atoms with Gasteiger partial charge in [-0.1, -0.05) is 38.3 Å². The van der Waals surface area contributed by atoms with Gasteiger partial charge in [0.25, 0.3) is 0 Å². The Morgan fingerprint density at radius 2 is 1.66 bits per heavy atom. The van der Waals surface area contributed by atoms with E-state index in [2.05, 4.69) is 0 Å². The second-order valence-electron chi connectivity index (χ2n) is 9.08. The van der Waals surface area contributed by atoms with Crippen LogP contribution in [0.4, 0.5) is 17.6 Å². The van der Waals surface area contributed by atoms with E-state index in [1.807, 2.05) is 6.92 Å². The fourth-order valence-electron chi connectivity index (χ4n) is 4.90. The predicted octanol–water partition coefficient (Wildman–Crippen LogP) is 7.69. The predicted molar refractivity (Wildman–Crippen MR) is 116 cm³/mol. The molecule has 2 nitrogen and oxygen atoms in total. The molecule has 0 unspecified atom stereocenters. The molecule has 6 heteroatoms. The number of aryl methyl sites for hydroxylation is 1. The standard InChI is InChI=1S/C26H30F4O2/c1-2-4-18-10-11-19-13-20-14-21(23(29)24(30)26(20)32-25(19)22(18)28)31-15-17-8-6-16(7-9-17)5-3-12-27/h10-11,14,16-17H,2-9,12-13,15H2,1H3. The van der Waals surface area contributed by atoms with Crippen molar-refractivity contribution in [1.82, 2.24) is 0 Å². The quantitative estimate of drug-likeness (QED) is 0.328. The van der Waals surface area contributed by atoms with Gasteiger partial charge in [0.1, 0.15) is 0 Å². The van der Waals surface area contributed by atoms with E-state index in [4.69, 9.17) is 9.47 Å². The third-order valence-electron chi connectivity index (χ3n) is 6.76. The zero-order chi connectivity index (χ0) is 22.7. The van der Waals surface area contributed by atoms with Crippen molar-refractivity contribution >= 4 is 0 Å². The van der Waals surface area contributed by atoms with Crippen molar-refractivity contribution in [3.63, 3.8) is 0 Å². The summed E-state index contributed by atoms with van der Waals surface area (Å²) in [5, 5.41) is 0. The number of hydrogen-bond acceptors (Lipinski definition) is 2. The maximum absolute atomic E-state index is 14.8. The highest BCUT2D eigenvalue weighted by molar-refractivity contribution is 5.54. The van der Waals surface area contributed by atoms with Crippen molar-refractivity contribution in [2.45, 2.75) is 64.7 Å². The van der Waals surface area contributed by atoms with E-state index >= 15 is 0 Å². The fraction of sp³-hybridized carbons (Fsp3) is 0.538. The summed E-state index contributed by atoms with van der Waals surface area (Å²) in [7, 11) is 0. The van der Waals surface area contributed by atoms with Gasteiger partial charge in [0.15, 0.2) is 23.1 Å². The van der Waals surface area contributed by atoms with Gasteiger partial charge >= 0.3 is 0 Å². The first-order chi connectivity index (χ1) is 15.5. The van der Waals surface area contributed by atoms with Crippen molar-refractivity contribution in [1.29, 1.82) is 0 Å². The number of rotatable bonds is 8. The van der Waals surface area contributed by atoms with Gasteiger partial charge in [0, 0.05) is 17.5 Å². The van der Waals surface area contributed by atoms with Crippen molar-refractivity contribution in [2.24, 2.45) is 11.8 Å². The second-order valence-corrected chi connectivity index (χ2v) is 9.08. The molecule has 4 rings (SSSR count). The average Bonchev–Trinajstić information content (AvgIpc) is 2.81. The van der Waals surface area contributed by atoms with Gasteiger partial charge in [0.05, 0.1) is 13.3 Å². The maximum atomic E-state index is 14.8. The van der Waals surface area contributed by atoms with E-state index in [1.54, 1.807) is 12.1 Å². The number of alkyl halides is 1. The maximum Gasteiger partial charge on any atom is 0.205 e. The molecule has 0 saturated heterocycles. The zero-order valence-corrected chi connectivity index (χ0v) is 18.5. The van der Waals surface area contributed by atoms with Crippen LogP contribution in [0.1, 0.15) is 68.6 Å². The first kappa shape index (κ1) is 22.9. The smallest absolute Gasteiger partial charge is 0.205 e. The normalized spacial score (nSPS) is 19.8. The highest BCUT2D eigenvalue weighted by atomic mass is 19.2. The van der Waals surface area contributed by atoms with Crippen LogP contribution in [0.3, 0.4) is 0 Å². The minimum Gasteiger partial charge on any atom is -0.490 e. The van der Waals surface area contributed by atoms with Crippen LogP contribution in [0, 0.1) is 29.3 Å². The summed E-state index contributed by atoms with van der Waals surface area (Å²) >= 11 is 0. The van der Waals surface area contributed by atoms with Crippen LogP contribution in [-0.2, 0) is 12.8 Å². The van der Waals surface area contributed by atoms with Crippen LogP contribution in [0.5, 0.6) is 17.2 Å². The molecule has 32 heavy (non-hydrogen) atoms. The Hall–Kier alpha value is -2.24. The Morgan fingerprint density at radius 3 is 2.38 bits per heavy atom. The summed E-state index contributed by atoms with van der Waals surface area (Å²) in [6.07, 6.45) is 7.03. The number of halogens is 4. The third-order valence-corrected chi connectivity index (χ3v) is 6.76. The summed E-state index contributed by atoms with van der Waals surface area (Å²) in [6.45, 7) is 1.99. The molecule has 2 aromatic rings. The molecule has 0 bridgehead atoms. The number of ether oxygens (including phenoxy) is 2. The molecule has 1 aliphatic carbocycles. The lowest BCUT2D eigenvalue weighted by Crippen LogP contribution is -2.21. The minimum atomic E-state index is -1.14. The molecule has 0 N–H and O–H groups in total. The van der Waals surface area contributed by atoms with Crippen LogP contribution < -0.4 is 9.47 Å². The lowest BCUT2D eigenvalue weighted by molar-refractivity contribution is 0.171. The van der Waals surface area contributed by atoms with Gasteiger partial charge < -0.3 is 9.47 Å². The molecule has 2 aromatic carbocycles. The number of benzene rings is 2. The Labute approximate surface area is 186 Å². The highest BCUT2D eigenvalue weighted by Crippen LogP contribution is 2.44. The molecular weight excluding hydrogens is 420 g/mol. The van der Waals surface area contributed by atoms with Crippen LogP contribution in [-0.4, -0.2) is 13.3 Å². The first-order valence-electron chi connectivity index (χ1n) is 11.7. The van der Waals surface area contributed by atoms with Crippen LogP contribution in [0.15, 0.2) is 18.2 Å². The molecule has 0 aromatic heterocycles. The molecule has 0 amide bonds. The van der Waals surface area contributed by atoms with Crippen molar-refractivity contribution in [2.75, 3.05) is 13.3 Å². The van der Waals surface area contributed by atoms with Crippen molar-refractivity contribution in [3.05, 3.63) is 52.3 Å². The third kappa shape index (κ3) is 4.74. The molecule has 1 saturated carbocycles. The number of fused-ring (bicyclic) bond motifs is 2. The molecule has 0 radical (unpaired) electrons. The summed E-state index contributed by atoms with van der Waals surface area (Å²) in [4.78, 5) is 0. The second kappa shape index (κ2) is 10.1. The van der Waals surface area contributed by atoms with Crippen LogP contribution >= 0.6 is 0 Å². The van der Waals surface area contributed by atoms with Crippen LogP contribution in [0.2, 0.25) is 0 Å². The Morgan fingerprint density at radius 1 is 0.938 bits per heavy atom. The summed E-state index contributed by atoms with van der Waals surface area (Å²) in [6, 6.07) is 4.99. The molecule has 0 atom stereocenters. The van der Waals surface area contributed by atoms with Crippen molar-refractivity contribution in [3.8, 4) is 17.2 Å². The van der Waals surface area contributed by atoms with Gasteiger partial charge in [-0.25, -0.2) is 4.39 Å². The average molecular weight is 451 g/mol.